The molecule has 150 valence electrons. The lowest BCUT2D eigenvalue weighted by Crippen LogP contribution is -2.25. The van der Waals surface area contributed by atoms with Gasteiger partial charge in [0.05, 0.1) is 10.6 Å². The number of anilines is 2. The van der Waals surface area contributed by atoms with Crippen LogP contribution in [0, 0.1) is 11.6 Å². The van der Waals surface area contributed by atoms with Crippen LogP contribution in [0.1, 0.15) is 19.8 Å². The van der Waals surface area contributed by atoms with E-state index in [0.29, 0.717) is 5.69 Å². The molecule has 2 aromatic rings. The minimum absolute atomic E-state index is 0.0262. The van der Waals surface area contributed by atoms with E-state index in [1.807, 2.05) is 0 Å². The van der Waals surface area contributed by atoms with Gasteiger partial charge in [-0.15, -0.1) is 0 Å². The largest absolute Gasteiger partial charge is 0.326 e. The Bertz CT molecular complexity index is 963. The van der Waals surface area contributed by atoms with Crippen LogP contribution < -0.4 is 15.4 Å². The Labute approximate surface area is 161 Å². The van der Waals surface area contributed by atoms with Gasteiger partial charge in [0.15, 0.2) is 0 Å². The van der Waals surface area contributed by atoms with E-state index >= 15 is 0 Å². The van der Waals surface area contributed by atoms with Crippen molar-refractivity contribution in [1.29, 1.82) is 0 Å². The van der Waals surface area contributed by atoms with E-state index in [0.717, 1.165) is 30.3 Å². The summed E-state index contributed by atoms with van der Waals surface area (Å²) in [4.78, 5) is 22.9. The van der Waals surface area contributed by atoms with Gasteiger partial charge < -0.3 is 10.6 Å². The van der Waals surface area contributed by atoms with Crippen LogP contribution in [-0.4, -0.2) is 26.8 Å². The molecule has 2 rings (SSSR count). The Hall–Kier alpha value is -2.85. The van der Waals surface area contributed by atoms with Crippen LogP contribution in [0.2, 0.25) is 0 Å². The summed E-state index contributed by atoms with van der Waals surface area (Å²) in [7, 11) is -3.81. The quantitative estimate of drug-likeness (QED) is 0.581. The molecule has 0 radical (unpaired) electrons. The van der Waals surface area contributed by atoms with Crippen molar-refractivity contribution >= 4 is 33.2 Å². The number of amides is 2. The smallest absolute Gasteiger partial charge is 0.240 e. The van der Waals surface area contributed by atoms with Crippen LogP contribution >= 0.6 is 0 Å². The first-order valence-corrected chi connectivity index (χ1v) is 9.78. The molecule has 0 saturated heterocycles. The zero-order valence-corrected chi connectivity index (χ0v) is 15.8. The van der Waals surface area contributed by atoms with E-state index in [-0.39, 0.29) is 35.9 Å². The third-order valence-corrected chi connectivity index (χ3v) is 5.03. The van der Waals surface area contributed by atoms with Crippen molar-refractivity contribution in [2.45, 2.75) is 24.7 Å². The summed E-state index contributed by atoms with van der Waals surface area (Å²) >= 11 is 0. The number of benzene rings is 2. The Kier molecular flexibility index (Phi) is 7.18. The van der Waals surface area contributed by atoms with Crippen LogP contribution in [-0.2, 0) is 19.6 Å². The Balaban J connectivity index is 1.84. The van der Waals surface area contributed by atoms with Gasteiger partial charge in [-0.1, -0.05) is 0 Å². The molecule has 0 aliphatic carbocycles. The molecule has 0 atom stereocenters. The highest BCUT2D eigenvalue weighted by Crippen LogP contribution is 2.20. The molecule has 0 aliphatic rings. The van der Waals surface area contributed by atoms with Crippen molar-refractivity contribution in [3.63, 3.8) is 0 Å². The number of nitrogens with one attached hydrogen (secondary N) is 3. The predicted molar refractivity (Wildman–Crippen MR) is 100 cm³/mol. The maximum Gasteiger partial charge on any atom is 0.240 e. The molecule has 0 heterocycles. The maximum absolute atomic E-state index is 13.8. The van der Waals surface area contributed by atoms with Crippen molar-refractivity contribution in [2.24, 2.45) is 0 Å². The first-order chi connectivity index (χ1) is 13.2. The lowest BCUT2D eigenvalue weighted by Gasteiger charge is -2.10. The van der Waals surface area contributed by atoms with Gasteiger partial charge in [-0.2, -0.15) is 0 Å². The summed E-state index contributed by atoms with van der Waals surface area (Å²) in [5, 5.41) is 4.85. The molecule has 2 amide bonds. The summed E-state index contributed by atoms with van der Waals surface area (Å²) in [6.45, 7) is 1.27. The molecule has 0 saturated carbocycles. The van der Waals surface area contributed by atoms with Crippen LogP contribution in [0.4, 0.5) is 20.2 Å². The van der Waals surface area contributed by atoms with Gasteiger partial charge in [0, 0.05) is 25.6 Å². The third kappa shape index (κ3) is 6.39. The predicted octanol–water partition coefficient (Wildman–Crippen LogP) is 2.62. The van der Waals surface area contributed by atoms with Crippen LogP contribution in [0.5, 0.6) is 0 Å². The monoisotopic (exact) mass is 411 g/mol. The molecule has 3 N–H and O–H groups in total. The zero-order valence-electron chi connectivity index (χ0n) is 15.0. The fourth-order valence-electron chi connectivity index (χ4n) is 2.27. The molecule has 10 heteroatoms. The summed E-state index contributed by atoms with van der Waals surface area (Å²) in [5.41, 5.74) is 0.236. The average Bonchev–Trinajstić information content (AvgIpc) is 2.61. The van der Waals surface area contributed by atoms with Gasteiger partial charge in [-0.3, -0.25) is 9.59 Å². The second-order valence-corrected chi connectivity index (χ2v) is 7.65. The summed E-state index contributed by atoms with van der Waals surface area (Å²) < 4.78 is 53.0. The van der Waals surface area contributed by atoms with Crippen molar-refractivity contribution in [1.82, 2.24) is 4.72 Å². The molecule has 0 bridgehead atoms. The highest BCUT2D eigenvalue weighted by molar-refractivity contribution is 7.89. The highest BCUT2D eigenvalue weighted by atomic mass is 32.2. The highest BCUT2D eigenvalue weighted by Gasteiger charge is 2.14. The van der Waals surface area contributed by atoms with E-state index in [1.165, 1.54) is 19.1 Å². The molecular formula is C18H19F2N3O4S. The first kappa shape index (κ1) is 21.5. The van der Waals surface area contributed by atoms with Gasteiger partial charge in [0.1, 0.15) is 11.6 Å². The van der Waals surface area contributed by atoms with Crippen LogP contribution in [0.3, 0.4) is 0 Å². The SMILES string of the molecule is CC(=O)Nc1ccc(F)c(NC(=O)CCCNS(=O)(=O)c2ccc(F)cc2)c1. The lowest BCUT2D eigenvalue weighted by atomic mass is 10.2. The van der Waals surface area contributed by atoms with E-state index in [1.54, 1.807) is 0 Å². The number of carbonyl (C=O) groups is 2. The summed E-state index contributed by atoms with van der Waals surface area (Å²) in [5.74, 6) is -2.07. The van der Waals surface area contributed by atoms with E-state index in [9.17, 15) is 26.8 Å². The normalized spacial score (nSPS) is 11.1. The fraction of sp³-hybridized carbons (Fsp3) is 0.222. The van der Waals surface area contributed by atoms with E-state index in [4.69, 9.17) is 0 Å². The molecule has 0 aliphatic heterocycles. The summed E-state index contributed by atoms with van der Waals surface area (Å²) in [6.07, 6.45) is 0.106. The van der Waals surface area contributed by atoms with Gasteiger partial charge in [-0.25, -0.2) is 21.9 Å². The Morgan fingerprint density at radius 1 is 1.00 bits per heavy atom. The van der Waals surface area contributed by atoms with Crippen LogP contribution in [0.15, 0.2) is 47.4 Å². The average molecular weight is 411 g/mol. The fourth-order valence-corrected chi connectivity index (χ4v) is 3.34. The number of hydrogen-bond acceptors (Lipinski definition) is 4. The number of hydrogen-bond donors (Lipinski definition) is 3. The van der Waals surface area contributed by atoms with E-state index in [2.05, 4.69) is 15.4 Å². The molecular weight excluding hydrogens is 392 g/mol. The molecule has 7 nitrogen and oxygen atoms in total. The molecule has 0 fully saturated rings. The molecule has 0 spiro atoms. The third-order valence-electron chi connectivity index (χ3n) is 3.56. The van der Waals surface area contributed by atoms with Gasteiger partial charge in [0.25, 0.3) is 0 Å². The standard InChI is InChI=1S/C18H19F2N3O4S/c1-12(24)22-14-6-9-16(20)17(11-14)23-18(25)3-2-10-21-28(26,27)15-7-4-13(19)5-8-15/h4-9,11,21H,2-3,10H2,1H3,(H,22,24)(H,23,25). The number of rotatable bonds is 8. The minimum Gasteiger partial charge on any atom is -0.326 e. The first-order valence-electron chi connectivity index (χ1n) is 8.29. The van der Waals surface area contributed by atoms with Gasteiger partial charge >= 0.3 is 0 Å². The Morgan fingerprint density at radius 2 is 1.68 bits per heavy atom. The second kappa shape index (κ2) is 9.38. The van der Waals surface area contributed by atoms with E-state index < -0.39 is 27.6 Å². The van der Waals surface area contributed by atoms with Crippen molar-refractivity contribution < 1.29 is 26.8 Å². The van der Waals surface area contributed by atoms with Gasteiger partial charge in [0.2, 0.25) is 21.8 Å². The zero-order chi connectivity index (χ0) is 20.7. The number of carbonyl (C=O) groups excluding carboxylic acids is 2. The van der Waals surface area contributed by atoms with Crippen LogP contribution in [0.25, 0.3) is 0 Å². The molecule has 0 aromatic heterocycles. The molecule has 28 heavy (non-hydrogen) atoms. The Morgan fingerprint density at radius 3 is 2.32 bits per heavy atom. The number of sulfonamides is 1. The molecule has 2 aromatic carbocycles. The number of halogens is 2. The maximum atomic E-state index is 13.8. The van der Waals surface area contributed by atoms with Crippen molar-refractivity contribution in [2.75, 3.05) is 17.2 Å². The van der Waals surface area contributed by atoms with Gasteiger partial charge in [-0.05, 0) is 48.9 Å². The minimum atomic E-state index is -3.81. The lowest BCUT2D eigenvalue weighted by molar-refractivity contribution is -0.116. The van der Waals surface area contributed by atoms with Crippen molar-refractivity contribution in [3.05, 3.63) is 54.1 Å². The topological polar surface area (TPSA) is 104 Å². The molecule has 0 unspecified atom stereocenters. The second-order valence-electron chi connectivity index (χ2n) is 5.88. The van der Waals surface area contributed by atoms with Crippen molar-refractivity contribution in [3.8, 4) is 0 Å². The summed E-state index contributed by atoms with van der Waals surface area (Å²) in [6, 6.07) is 8.09.